The number of nitrogens with zero attached hydrogens (tertiary/aromatic N) is 1. The van der Waals surface area contributed by atoms with Crippen LogP contribution in [0.2, 0.25) is 5.02 Å². The molecule has 0 fully saturated rings. The smallest absolute Gasteiger partial charge is 0.290 e. The van der Waals surface area contributed by atoms with Crippen LogP contribution in [0.4, 0.5) is 5.69 Å². The zero-order valence-corrected chi connectivity index (χ0v) is 11.2. The molecule has 0 bridgehead atoms. The Labute approximate surface area is 113 Å². The van der Waals surface area contributed by atoms with Crippen LogP contribution >= 0.6 is 11.6 Å². The Kier molecular flexibility index (Phi) is 4.45. The van der Waals surface area contributed by atoms with E-state index in [1.54, 1.807) is 0 Å². The van der Waals surface area contributed by atoms with E-state index in [-0.39, 0.29) is 5.02 Å². The molecule has 104 valence electrons. The van der Waals surface area contributed by atoms with Crippen molar-refractivity contribution in [3.8, 4) is 0 Å². The van der Waals surface area contributed by atoms with Crippen LogP contribution < -0.4 is 10.5 Å². The van der Waals surface area contributed by atoms with Crippen LogP contribution in [0.15, 0.2) is 23.1 Å². The van der Waals surface area contributed by atoms with Crippen LogP contribution in [0.25, 0.3) is 0 Å². The molecule has 1 aromatic rings. The molecule has 0 heterocycles. The van der Waals surface area contributed by atoms with Crippen LogP contribution in [0.1, 0.15) is 6.92 Å². The molecule has 8 nitrogen and oxygen atoms in total. The lowest BCUT2D eigenvalue weighted by Gasteiger charge is -2.11. The van der Waals surface area contributed by atoms with Gasteiger partial charge in [-0.3, -0.25) is 14.9 Å². The highest BCUT2D eigenvalue weighted by atomic mass is 35.5. The van der Waals surface area contributed by atoms with Crippen molar-refractivity contribution >= 4 is 33.2 Å². The number of benzene rings is 1. The number of hydrogen-bond donors (Lipinski definition) is 2. The van der Waals surface area contributed by atoms with E-state index in [0.717, 1.165) is 12.1 Å². The molecule has 10 heteroatoms. The van der Waals surface area contributed by atoms with Crippen molar-refractivity contribution < 1.29 is 18.1 Å². The average molecular weight is 308 g/mol. The molecule has 0 aliphatic rings. The van der Waals surface area contributed by atoms with E-state index in [4.69, 9.17) is 17.3 Å². The Hall–Kier alpha value is -1.71. The first-order valence-electron chi connectivity index (χ1n) is 4.90. The third-order valence-corrected chi connectivity index (χ3v) is 3.99. The van der Waals surface area contributed by atoms with Gasteiger partial charge in [0.15, 0.2) is 4.90 Å². The number of nitro benzene ring substituents is 1. The Balaban J connectivity index is 3.29. The Morgan fingerprint density at radius 2 is 2.11 bits per heavy atom. The maximum absolute atomic E-state index is 11.9. The number of amides is 1. The van der Waals surface area contributed by atoms with Crippen LogP contribution in [-0.2, 0) is 14.8 Å². The monoisotopic (exact) mass is 307 g/mol. The standard InChI is InChI=1S/C9H10ClN3O5S/c1-5(9(11)14)12-19(17,18)8-3-2-6(10)4-7(8)13(15)16/h2-5,12H,1H3,(H2,11,14). The fourth-order valence-corrected chi connectivity index (χ4v) is 2.75. The predicted molar refractivity (Wildman–Crippen MR) is 67.1 cm³/mol. The highest BCUT2D eigenvalue weighted by molar-refractivity contribution is 7.89. The van der Waals surface area contributed by atoms with E-state index >= 15 is 0 Å². The van der Waals surface area contributed by atoms with Gasteiger partial charge in [-0.2, -0.15) is 4.72 Å². The summed E-state index contributed by atoms with van der Waals surface area (Å²) in [6.45, 7) is 1.22. The second-order valence-electron chi connectivity index (χ2n) is 3.61. The molecule has 0 radical (unpaired) electrons. The number of sulfonamides is 1. The summed E-state index contributed by atoms with van der Waals surface area (Å²) in [6, 6.07) is 1.89. The van der Waals surface area contributed by atoms with Gasteiger partial charge < -0.3 is 5.73 Å². The zero-order valence-electron chi connectivity index (χ0n) is 9.66. The highest BCUT2D eigenvalue weighted by Crippen LogP contribution is 2.27. The molecule has 3 N–H and O–H groups in total. The predicted octanol–water partition coefficient (Wildman–Crippen LogP) is 0.400. The van der Waals surface area contributed by atoms with Gasteiger partial charge in [-0.25, -0.2) is 8.42 Å². The zero-order chi connectivity index (χ0) is 14.8. The van der Waals surface area contributed by atoms with Crippen LogP contribution in [0, 0.1) is 10.1 Å². The van der Waals surface area contributed by atoms with Crippen LogP contribution in [-0.4, -0.2) is 25.3 Å². The van der Waals surface area contributed by atoms with E-state index in [0.29, 0.717) is 0 Å². The second kappa shape index (κ2) is 5.51. The lowest BCUT2D eigenvalue weighted by atomic mass is 10.3. The minimum atomic E-state index is -4.25. The first-order valence-corrected chi connectivity index (χ1v) is 6.77. The molecule has 0 spiro atoms. The molecule has 0 aromatic heterocycles. The van der Waals surface area contributed by atoms with E-state index in [2.05, 4.69) is 0 Å². The maximum Gasteiger partial charge on any atom is 0.290 e. The van der Waals surface area contributed by atoms with Gasteiger partial charge in [-0.15, -0.1) is 0 Å². The quantitative estimate of drug-likeness (QED) is 0.600. The molecule has 0 aliphatic heterocycles. The van der Waals surface area contributed by atoms with Gasteiger partial charge in [-0.05, 0) is 19.1 Å². The number of halogens is 1. The molecule has 1 amide bonds. The number of primary amides is 1. The number of carbonyl (C=O) groups is 1. The van der Waals surface area contributed by atoms with Gasteiger partial charge in [-0.1, -0.05) is 11.6 Å². The van der Waals surface area contributed by atoms with Gasteiger partial charge >= 0.3 is 0 Å². The van der Waals surface area contributed by atoms with Gasteiger partial charge in [0.05, 0.1) is 11.0 Å². The van der Waals surface area contributed by atoms with Crippen LogP contribution in [0.3, 0.4) is 0 Å². The van der Waals surface area contributed by atoms with Crippen molar-refractivity contribution in [2.45, 2.75) is 17.9 Å². The highest BCUT2D eigenvalue weighted by Gasteiger charge is 2.28. The average Bonchev–Trinajstić information content (AvgIpc) is 2.27. The molecule has 0 saturated carbocycles. The lowest BCUT2D eigenvalue weighted by Crippen LogP contribution is -2.42. The van der Waals surface area contributed by atoms with Gasteiger partial charge in [0.2, 0.25) is 15.9 Å². The fourth-order valence-electron chi connectivity index (χ4n) is 1.21. The lowest BCUT2D eigenvalue weighted by molar-refractivity contribution is -0.387. The van der Waals surface area contributed by atoms with E-state index in [1.807, 2.05) is 4.72 Å². The SMILES string of the molecule is CC(NS(=O)(=O)c1ccc(Cl)cc1[N+](=O)[O-])C(N)=O. The summed E-state index contributed by atoms with van der Waals surface area (Å²) in [4.78, 5) is 20.2. The third-order valence-electron chi connectivity index (χ3n) is 2.17. The molecule has 0 aliphatic carbocycles. The molecular formula is C9H10ClN3O5S. The Morgan fingerprint density at radius 3 is 2.58 bits per heavy atom. The van der Waals surface area contributed by atoms with Crippen molar-refractivity contribution in [2.75, 3.05) is 0 Å². The van der Waals surface area contributed by atoms with Crippen molar-refractivity contribution in [2.24, 2.45) is 5.73 Å². The summed E-state index contributed by atoms with van der Waals surface area (Å²) >= 11 is 5.57. The third kappa shape index (κ3) is 3.63. The van der Waals surface area contributed by atoms with Crippen LogP contribution in [0.5, 0.6) is 0 Å². The topological polar surface area (TPSA) is 132 Å². The summed E-state index contributed by atoms with van der Waals surface area (Å²) in [5.74, 6) is -0.903. The number of carbonyl (C=O) groups excluding carboxylic acids is 1. The normalized spacial score (nSPS) is 12.9. The maximum atomic E-state index is 11.9. The van der Waals surface area contributed by atoms with Crippen molar-refractivity contribution in [1.29, 1.82) is 0 Å². The first-order chi connectivity index (χ1) is 8.65. The molecular weight excluding hydrogens is 298 g/mol. The van der Waals surface area contributed by atoms with Gasteiger partial charge in [0.25, 0.3) is 5.69 Å². The summed E-state index contributed by atoms with van der Waals surface area (Å²) in [5.41, 5.74) is 4.24. The number of nitrogens with two attached hydrogens (primary N) is 1. The Morgan fingerprint density at radius 1 is 1.53 bits per heavy atom. The van der Waals surface area contributed by atoms with E-state index in [9.17, 15) is 23.3 Å². The molecule has 1 rings (SSSR count). The summed E-state index contributed by atoms with van der Waals surface area (Å²) in [7, 11) is -4.25. The molecule has 0 saturated heterocycles. The number of rotatable bonds is 5. The first kappa shape index (κ1) is 15.3. The minimum absolute atomic E-state index is 0.0219. The van der Waals surface area contributed by atoms with Crippen molar-refractivity contribution in [3.63, 3.8) is 0 Å². The number of hydrogen-bond acceptors (Lipinski definition) is 5. The second-order valence-corrected chi connectivity index (χ2v) is 5.73. The fraction of sp³-hybridized carbons (Fsp3) is 0.222. The van der Waals surface area contributed by atoms with Crippen molar-refractivity contribution in [1.82, 2.24) is 4.72 Å². The van der Waals surface area contributed by atoms with Gasteiger partial charge in [0, 0.05) is 11.1 Å². The molecule has 1 atom stereocenters. The summed E-state index contributed by atoms with van der Waals surface area (Å²) < 4.78 is 25.8. The van der Waals surface area contributed by atoms with E-state index in [1.165, 1.54) is 13.0 Å². The molecule has 1 unspecified atom stereocenters. The molecule has 19 heavy (non-hydrogen) atoms. The Bertz CT molecular complexity index is 631. The number of nitrogens with one attached hydrogen (secondary N) is 1. The largest absolute Gasteiger partial charge is 0.368 e. The van der Waals surface area contributed by atoms with E-state index < -0.39 is 37.5 Å². The molecule has 1 aromatic carbocycles. The minimum Gasteiger partial charge on any atom is -0.368 e. The number of nitro groups is 1. The summed E-state index contributed by atoms with van der Waals surface area (Å²) in [6.07, 6.45) is 0. The van der Waals surface area contributed by atoms with Gasteiger partial charge in [0.1, 0.15) is 0 Å². The summed E-state index contributed by atoms with van der Waals surface area (Å²) in [5, 5.41) is 10.8. The van der Waals surface area contributed by atoms with Crippen molar-refractivity contribution in [3.05, 3.63) is 33.3 Å².